The van der Waals surface area contributed by atoms with Crippen molar-refractivity contribution in [3.63, 3.8) is 0 Å². The standard InChI is InChI=1S/C28H17ClO8/c1-34-15-6-7-21-17(8-15)26(32)19(12-35-21)16-9-23(31)37-22-10-20(30)25-27(33)18(11-36-28(25)24(16)22)13-2-4-14(29)5-3-13/h2-8,10-12,16,30H,9H2,1H3/t16-/m0/s1. The minimum atomic E-state index is -0.851. The van der Waals surface area contributed by atoms with E-state index in [1.54, 1.807) is 42.5 Å². The summed E-state index contributed by atoms with van der Waals surface area (Å²) in [5, 5.41) is 11.4. The molecule has 0 radical (unpaired) electrons. The molecule has 5 aromatic rings. The molecule has 37 heavy (non-hydrogen) atoms. The van der Waals surface area contributed by atoms with E-state index in [2.05, 4.69) is 0 Å². The Morgan fingerprint density at radius 3 is 2.51 bits per heavy atom. The summed E-state index contributed by atoms with van der Waals surface area (Å²) in [4.78, 5) is 39.5. The maximum absolute atomic E-state index is 13.5. The van der Waals surface area contributed by atoms with Gasteiger partial charge in [-0.15, -0.1) is 0 Å². The van der Waals surface area contributed by atoms with Crippen LogP contribution >= 0.6 is 11.6 Å². The van der Waals surface area contributed by atoms with Crippen LogP contribution in [0.15, 0.2) is 79.5 Å². The van der Waals surface area contributed by atoms with Crippen molar-refractivity contribution in [1.82, 2.24) is 0 Å². The van der Waals surface area contributed by atoms with Gasteiger partial charge in [0.05, 0.1) is 30.7 Å². The molecular formula is C28H17ClO8. The number of methoxy groups -OCH3 is 1. The molecule has 6 rings (SSSR count). The number of rotatable bonds is 3. The third kappa shape index (κ3) is 3.65. The van der Waals surface area contributed by atoms with Crippen LogP contribution in [0.3, 0.4) is 0 Å². The Morgan fingerprint density at radius 1 is 0.973 bits per heavy atom. The van der Waals surface area contributed by atoms with Crippen LogP contribution in [0, 0.1) is 0 Å². The van der Waals surface area contributed by atoms with Gasteiger partial charge in [0.15, 0.2) is 5.43 Å². The molecule has 184 valence electrons. The van der Waals surface area contributed by atoms with Gasteiger partial charge in [0.1, 0.15) is 40.1 Å². The number of benzene rings is 3. The number of ether oxygens (including phenoxy) is 2. The summed E-state index contributed by atoms with van der Waals surface area (Å²) in [6, 6.07) is 12.6. The number of halogens is 1. The topological polar surface area (TPSA) is 116 Å². The molecular weight excluding hydrogens is 500 g/mol. The average Bonchev–Trinajstić information content (AvgIpc) is 2.89. The fourth-order valence-corrected chi connectivity index (χ4v) is 4.84. The molecule has 0 saturated heterocycles. The summed E-state index contributed by atoms with van der Waals surface area (Å²) in [5.74, 6) is -1.41. The highest BCUT2D eigenvalue weighted by Gasteiger charge is 2.35. The summed E-state index contributed by atoms with van der Waals surface area (Å²) < 4.78 is 22.2. The number of fused-ring (bicyclic) bond motifs is 4. The van der Waals surface area contributed by atoms with Gasteiger partial charge >= 0.3 is 5.97 Å². The van der Waals surface area contributed by atoms with Gasteiger partial charge in [-0.1, -0.05) is 23.7 Å². The molecule has 3 heterocycles. The van der Waals surface area contributed by atoms with Crippen LogP contribution in [-0.4, -0.2) is 18.2 Å². The normalized spacial score (nSPS) is 15.0. The lowest BCUT2D eigenvalue weighted by molar-refractivity contribution is -0.135. The summed E-state index contributed by atoms with van der Waals surface area (Å²) in [6.07, 6.45) is 2.37. The number of carbonyl (C=O) groups is 1. The summed E-state index contributed by atoms with van der Waals surface area (Å²) in [6.45, 7) is 0. The molecule has 2 aromatic heterocycles. The lowest BCUT2D eigenvalue weighted by Crippen LogP contribution is -2.25. The number of hydrogen-bond donors (Lipinski definition) is 1. The van der Waals surface area contributed by atoms with Gasteiger partial charge in [0, 0.05) is 28.1 Å². The van der Waals surface area contributed by atoms with Gasteiger partial charge in [-0.2, -0.15) is 0 Å². The van der Waals surface area contributed by atoms with E-state index in [9.17, 15) is 19.5 Å². The van der Waals surface area contributed by atoms with E-state index in [1.165, 1.54) is 25.7 Å². The fourth-order valence-electron chi connectivity index (χ4n) is 4.72. The van der Waals surface area contributed by atoms with Crippen LogP contribution in [0.2, 0.25) is 5.02 Å². The van der Waals surface area contributed by atoms with Crippen molar-refractivity contribution in [2.45, 2.75) is 12.3 Å². The third-order valence-electron chi connectivity index (χ3n) is 6.51. The highest BCUT2D eigenvalue weighted by Crippen LogP contribution is 2.45. The first-order valence-corrected chi connectivity index (χ1v) is 11.6. The molecule has 1 aliphatic rings. The number of aromatic hydroxyl groups is 1. The van der Waals surface area contributed by atoms with E-state index < -0.39 is 23.1 Å². The molecule has 1 aliphatic heterocycles. The second-order valence-corrected chi connectivity index (χ2v) is 9.05. The molecule has 3 aromatic carbocycles. The van der Waals surface area contributed by atoms with Crippen molar-refractivity contribution < 1.29 is 28.2 Å². The van der Waals surface area contributed by atoms with Crippen molar-refractivity contribution in [3.8, 4) is 28.4 Å². The Balaban J connectivity index is 1.61. The van der Waals surface area contributed by atoms with Crippen LogP contribution in [-0.2, 0) is 4.79 Å². The first kappa shape index (κ1) is 22.9. The maximum Gasteiger partial charge on any atom is 0.312 e. The predicted molar refractivity (Wildman–Crippen MR) is 136 cm³/mol. The van der Waals surface area contributed by atoms with Gasteiger partial charge in [-0.3, -0.25) is 14.4 Å². The largest absolute Gasteiger partial charge is 0.507 e. The third-order valence-corrected chi connectivity index (χ3v) is 6.76. The SMILES string of the molecule is COc1ccc2occ([C@@H]3CC(=O)Oc4cc(O)c5c(=O)c(-c6ccc(Cl)cc6)coc5c43)c(=O)c2c1. The highest BCUT2D eigenvalue weighted by atomic mass is 35.5. The maximum atomic E-state index is 13.5. The zero-order chi connectivity index (χ0) is 25.8. The van der Waals surface area contributed by atoms with E-state index in [4.69, 9.17) is 29.9 Å². The zero-order valence-electron chi connectivity index (χ0n) is 19.2. The fraction of sp³-hybridized carbons (Fsp3) is 0.107. The smallest absolute Gasteiger partial charge is 0.312 e. The number of hydrogen-bond acceptors (Lipinski definition) is 8. The lowest BCUT2D eigenvalue weighted by atomic mass is 9.85. The Bertz CT molecular complexity index is 1850. The number of carbonyl (C=O) groups excluding carboxylic acids is 1. The highest BCUT2D eigenvalue weighted by molar-refractivity contribution is 6.30. The van der Waals surface area contributed by atoms with E-state index in [0.29, 0.717) is 27.5 Å². The minimum absolute atomic E-state index is 0.00113. The van der Waals surface area contributed by atoms with Gasteiger partial charge in [-0.05, 0) is 35.9 Å². The number of phenolic OH excluding ortho intramolecular Hbond substituents is 1. The number of esters is 1. The van der Waals surface area contributed by atoms with Crippen LogP contribution in [0.5, 0.6) is 17.2 Å². The van der Waals surface area contributed by atoms with E-state index >= 15 is 0 Å². The monoisotopic (exact) mass is 516 g/mol. The van der Waals surface area contributed by atoms with Crippen molar-refractivity contribution in [1.29, 1.82) is 0 Å². The average molecular weight is 517 g/mol. The Morgan fingerprint density at radius 2 is 1.76 bits per heavy atom. The molecule has 9 heteroatoms. The van der Waals surface area contributed by atoms with Gasteiger partial charge in [0.25, 0.3) is 0 Å². The van der Waals surface area contributed by atoms with Gasteiger partial charge in [0.2, 0.25) is 5.43 Å². The van der Waals surface area contributed by atoms with Crippen molar-refractivity contribution >= 4 is 39.5 Å². The Hall–Kier alpha value is -4.56. The van der Waals surface area contributed by atoms with Crippen molar-refractivity contribution in [2.24, 2.45) is 0 Å². The minimum Gasteiger partial charge on any atom is -0.507 e. The second-order valence-electron chi connectivity index (χ2n) is 8.61. The quantitative estimate of drug-likeness (QED) is 0.251. The second kappa shape index (κ2) is 8.53. The summed E-state index contributed by atoms with van der Waals surface area (Å²) in [7, 11) is 1.49. The molecule has 1 N–H and O–H groups in total. The molecule has 0 fully saturated rings. The van der Waals surface area contributed by atoms with E-state index in [0.717, 1.165) is 0 Å². The molecule has 0 amide bonds. The summed E-state index contributed by atoms with van der Waals surface area (Å²) >= 11 is 5.97. The van der Waals surface area contributed by atoms with Crippen LogP contribution in [0.25, 0.3) is 33.1 Å². The predicted octanol–water partition coefficient (Wildman–Crippen LogP) is 5.38. The molecule has 0 unspecified atom stereocenters. The van der Waals surface area contributed by atoms with Crippen molar-refractivity contribution in [2.75, 3.05) is 7.11 Å². The number of phenols is 1. The molecule has 0 aliphatic carbocycles. The molecule has 8 nitrogen and oxygen atoms in total. The molecule has 1 atom stereocenters. The van der Waals surface area contributed by atoms with Crippen LogP contribution < -0.4 is 20.3 Å². The van der Waals surface area contributed by atoms with Gasteiger partial charge < -0.3 is 23.4 Å². The first-order chi connectivity index (χ1) is 17.9. The molecule has 0 saturated carbocycles. The molecule has 0 bridgehead atoms. The van der Waals surface area contributed by atoms with Crippen LogP contribution in [0.4, 0.5) is 0 Å². The Labute approximate surface area is 213 Å². The summed E-state index contributed by atoms with van der Waals surface area (Å²) in [5.41, 5.74) is 0.729. The van der Waals surface area contributed by atoms with Crippen LogP contribution in [0.1, 0.15) is 23.5 Å². The zero-order valence-corrected chi connectivity index (χ0v) is 20.0. The van der Waals surface area contributed by atoms with E-state index in [-0.39, 0.29) is 45.1 Å². The Kier molecular flexibility index (Phi) is 5.27. The van der Waals surface area contributed by atoms with E-state index in [1.807, 2.05) is 0 Å². The lowest BCUT2D eigenvalue weighted by Gasteiger charge is -2.25. The molecule has 0 spiro atoms. The van der Waals surface area contributed by atoms with Crippen molar-refractivity contribution in [3.05, 3.63) is 97.7 Å². The first-order valence-electron chi connectivity index (χ1n) is 11.2. The van der Waals surface area contributed by atoms with Gasteiger partial charge in [-0.25, -0.2) is 0 Å².